The number of hydrogen-bond acceptors (Lipinski definition) is 4. The van der Waals surface area contributed by atoms with Crippen LogP contribution in [0.5, 0.6) is 0 Å². The molecule has 4 heteroatoms. The van der Waals surface area contributed by atoms with E-state index in [4.69, 9.17) is 0 Å². The molecule has 0 spiro atoms. The molecular weight excluding hydrogens is 288 g/mol. The zero-order chi connectivity index (χ0) is 13.9. The maximum atomic E-state index is 12.1. The molecule has 2 aromatic rings. The second-order valence-electron chi connectivity index (χ2n) is 4.78. The summed E-state index contributed by atoms with van der Waals surface area (Å²) in [4.78, 5) is 24.0. The van der Waals surface area contributed by atoms with Crippen molar-refractivity contribution >= 4 is 35.2 Å². The Kier molecular flexibility index (Phi) is 4.03. The molecule has 0 aliphatic heterocycles. The van der Waals surface area contributed by atoms with Gasteiger partial charge in [0.2, 0.25) is 0 Å². The van der Waals surface area contributed by atoms with Crippen LogP contribution in [0.1, 0.15) is 44.0 Å². The number of Topliss-reactive ketones (excluding diaryl/α,β-unsaturated/α-hetero) is 1. The van der Waals surface area contributed by atoms with Crippen LogP contribution in [0, 0.1) is 0 Å². The average molecular weight is 302 g/mol. The molecule has 1 aromatic heterocycles. The fourth-order valence-corrected chi connectivity index (χ4v) is 4.93. The molecule has 3 rings (SSSR count). The fourth-order valence-electron chi connectivity index (χ4n) is 2.46. The summed E-state index contributed by atoms with van der Waals surface area (Å²) in [6.07, 6.45) is 3.24. The van der Waals surface area contributed by atoms with Gasteiger partial charge in [-0.1, -0.05) is 30.3 Å². The van der Waals surface area contributed by atoms with Gasteiger partial charge < -0.3 is 0 Å². The van der Waals surface area contributed by atoms with Gasteiger partial charge in [0.15, 0.2) is 12.1 Å². The molecule has 2 nitrogen and oxygen atoms in total. The highest BCUT2D eigenvalue weighted by Crippen LogP contribution is 2.40. The van der Waals surface area contributed by atoms with Gasteiger partial charge in [-0.15, -0.1) is 23.1 Å². The lowest BCUT2D eigenvalue weighted by atomic mass is 9.93. The molecule has 1 aliphatic rings. The van der Waals surface area contributed by atoms with Crippen LogP contribution >= 0.6 is 23.1 Å². The molecule has 0 saturated heterocycles. The van der Waals surface area contributed by atoms with E-state index in [9.17, 15) is 9.59 Å². The van der Waals surface area contributed by atoms with Crippen LogP contribution in [0.3, 0.4) is 0 Å². The van der Waals surface area contributed by atoms with Gasteiger partial charge in [0.1, 0.15) is 0 Å². The third kappa shape index (κ3) is 2.58. The number of thioether (sulfide) groups is 1. The molecule has 0 N–H and O–H groups in total. The second kappa shape index (κ2) is 5.94. The molecule has 102 valence electrons. The van der Waals surface area contributed by atoms with E-state index in [1.54, 1.807) is 11.8 Å². The van der Waals surface area contributed by atoms with Crippen LogP contribution < -0.4 is 0 Å². The summed E-state index contributed by atoms with van der Waals surface area (Å²) in [6.45, 7) is 0. The van der Waals surface area contributed by atoms with Gasteiger partial charge in [-0.2, -0.15) is 0 Å². The topological polar surface area (TPSA) is 34.1 Å². The molecular formula is C16H14O2S2. The average Bonchev–Trinajstić information content (AvgIpc) is 2.86. The van der Waals surface area contributed by atoms with E-state index in [1.165, 1.54) is 16.9 Å². The Morgan fingerprint density at radius 1 is 1.20 bits per heavy atom. The Labute approximate surface area is 126 Å². The van der Waals surface area contributed by atoms with Crippen LogP contribution in [0.15, 0.2) is 34.5 Å². The van der Waals surface area contributed by atoms with E-state index in [2.05, 4.69) is 12.1 Å². The third-order valence-corrected chi connectivity index (χ3v) is 5.93. The van der Waals surface area contributed by atoms with Crippen LogP contribution in [-0.2, 0) is 12.2 Å². The zero-order valence-electron chi connectivity index (χ0n) is 10.9. The van der Waals surface area contributed by atoms with Crippen molar-refractivity contribution in [1.29, 1.82) is 0 Å². The summed E-state index contributed by atoms with van der Waals surface area (Å²) in [7, 11) is 0. The maximum Gasteiger partial charge on any atom is 0.165 e. The minimum atomic E-state index is 0.200. The van der Waals surface area contributed by atoms with E-state index < -0.39 is 0 Å². The standard InChI is InChI=1S/C16H14O2S2/c17-9-14-12-7-4-8-13(18)15(12)16(20-14)19-10-11-5-2-1-3-6-11/h1-3,5-6,9H,4,7-8,10H2. The Bertz CT molecular complexity index is 644. The SMILES string of the molecule is O=Cc1sc(SCc2ccccc2)c2c1CCCC2=O. The zero-order valence-corrected chi connectivity index (χ0v) is 12.6. The lowest BCUT2D eigenvalue weighted by Gasteiger charge is -2.12. The number of fused-ring (bicyclic) bond motifs is 1. The van der Waals surface area contributed by atoms with Gasteiger partial charge in [0.05, 0.1) is 9.09 Å². The molecule has 1 aliphatic carbocycles. The van der Waals surface area contributed by atoms with E-state index in [1.807, 2.05) is 18.2 Å². The van der Waals surface area contributed by atoms with Crippen molar-refractivity contribution in [2.75, 3.05) is 0 Å². The van der Waals surface area contributed by atoms with Crippen molar-refractivity contribution in [3.05, 3.63) is 51.9 Å². The minimum absolute atomic E-state index is 0.200. The number of thiophene rings is 1. The Morgan fingerprint density at radius 3 is 2.75 bits per heavy atom. The minimum Gasteiger partial charge on any atom is -0.297 e. The Hall–Kier alpha value is -1.39. The first-order chi connectivity index (χ1) is 9.79. The highest BCUT2D eigenvalue weighted by molar-refractivity contribution is 8.00. The van der Waals surface area contributed by atoms with Gasteiger partial charge in [0, 0.05) is 17.7 Å². The molecule has 1 aromatic carbocycles. The molecule has 0 atom stereocenters. The van der Waals surface area contributed by atoms with Crippen LogP contribution in [0.25, 0.3) is 0 Å². The molecule has 1 heterocycles. The van der Waals surface area contributed by atoms with E-state index in [-0.39, 0.29) is 5.78 Å². The predicted molar refractivity (Wildman–Crippen MR) is 83.0 cm³/mol. The van der Waals surface area contributed by atoms with Gasteiger partial charge >= 0.3 is 0 Å². The van der Waals surface area contributed by atoms with E-state index in [0.29, 0.717) is 6.42 Å². The molecule has 20 heavy (non-hydrogen) atoms. The number of rotatable bonds is 4. The summed E-state index contributed by atoms with van der Waals surface area (Å²) >= 11 is 3.14. The first-order valence-electron chi connectivity index (χ1n) is 6.60. The molecule has 0 amide bonds. The second-order valence-corrected chi connectivity index (χ2v) is 7.07. The highest BCUT2D eigenvalue weighted by Gasteiger charge is 2.26. The number of hydrogen-bond donors (Lipinski definition) is 0. The van der Waals surface area contributed by atoms with Crippen molar-refractivity contribution in [3.8, 4) is 0 Å². The number of carbonyl (C=O) groups is 2. The van der Waals surface area contributed by atoms with Crippen molar-refractivity contribution < 1.29 is 9.59 Å². The van der Waals surface area contributed by atoms with Crippen molar-refractivity contribution in [3.63, 3.8) is 0 Å². The van der Waals surface area contributed by atoms with Crippen molar-refractivity contribution in [1.82, 2.24) is 0 Å². The number of carbonyl (C=O) groups excluding carboxylic acids is 2. The first-order valence-corrected chi connectivity index (χ1v) is 8.40. The Morgan fingerprint density at radius 2 is 2.00 bits per heavy atom. The molecule has 0 fully saturated rings. The highest BCUT2D eigenvalue weighted by atomic mass is 32.2. The van der Waals surface area contributed by atoms with Crippen molar-refractivity contribution in [2.45, 2.75) is 29.2 Å². The van der Waals surface area contributed by atoms with E-state index >= 15 is 0 Å². The normalized spacial score (nSPS) is 14.1. The Balaban J connectivity index is 1.88. The van der Waals surface area contributed by atoms with Crippen LogP contribution in [0.4, 0.5) is 0 Å². The molecule has 0 unspecified atom stereocenters. The maximum absolute atomic E-state index is 12.1. The quantitative estimate of drug-likeness (QED) is 0.621. The van der Waals surface area contributed by atoms with Crippen LogP contribution in [0.2, 0.25) is 0 Å². The van der Waals surface area contributed by atoms with Gasteiger partial charge in [-0.25, -0.2) is 0 Å². The number of aldehydes is 1. The third-order valence-electron chi connectivity index (χ3n) is 3.44. The summed E-state index contributed by atoms with van der Waals surface area (Å²) in [5.41, 5.74) is 3.04. The fraction of sp³-hybridized carbons (Fsp3) is 0.250. The van der Waals surface area contributed by atoms with Crippen LogP contribution in [-0.4, -0.2) is 12.1 Å². The summed E-state index contributed by atoms with van der Waals surface area (Å²) < 4.78 is 1.01. The van der Waals surface area contributed by atoms with Gasteiger partial charge in [-0.3, -0.25) is 9.59 Å². The predicted octanol–water partition coefficient (Wildman–Crippen LogP) is 4.37. The van der Waals surface area contributed by atoms with E-state index in [0.717, 1.165) is 45.1 Å². The monoisotopic (exact) mass is 302 g/mol. The smallest absolute Gasteiger partial charge is 0.165 e. The number of benzene rings is 1. The van der Waals surface area contributed by atoms with Crippen molar-refractivity contribution in [2.24, 2.45) is 0 Å². The summed E-state index contributed by atoms with van der Waals surface area (Å²) in [6, 6.07) is 10.2. The largest absolute Gasteiger partial charge is 0.297 e. The van der Waals surface area contributed by atoms with Gasteiger partial charge in [-0.05, 0) is 24.0 Å². The summed E-state index contributed by atoms with van der Waals surface area (Å²) in [5.74, 6) is 1.03. The lowest BCUT2D eigenvalue weighted by Crippen LogP contribution is -2.10. The molecule has 0 bridgehead atoms. The molecule has 0 saturated carbocycles. The number of ketones is 1. The molecule has 0 radical (unpaired) electrons. The van der Waals surface area contributed by atoms with Gasteiger partial charge in [0.25, 0.3) is 0 Å². The first kappa shape index (κ1) is 13.6. The lowest BCUT2D eigenvalue weighted by molar-refractivity contribution is 0.0970. The summed E-state index contributed by atoms with van der Waals surface area (Å²) in [5, 5.41) is 0.